The molecule has 17 heavy (non-hydrogen) atoms. The van der Waals surface area contributed by atoms with Gasteiger partial charge in [-0.1, -0.05) is 0 Å². The van der Waals surface area contributed by atoms with Crippen molar-refractivity contribution in [2.45, 2.75) is 19.4 Å². The third kappa shape index (κ3) is 2.01. The molecule has 3 heterocycles. The van der Waals surface area contributed by atoms with Crippen LogP contribution < -0.4 is 5.73 Å². The van der Waals surface area contributed by atoms with Crippen LogP contribution in [-0.2, 0) is 6.42 Å². The van der Waals surface area contributed by atoms with Gasteiger partial charge in [-0.15, -0.1) is 11.3 Å². The first-order chi connectivity index (χ1) is 8.24. The number of nitrogens with zero attached hydrogens (tertiary/aromatic N) is 2. The summed E-state index contributed by atoms with van der Waals surface area (Å²) in [4.78, 5) is 5.59. The third-order valence-electron chi connectivity index (χ3n) is 2.87. The minimum Gasteiger partial charge on any atom is -0.324 e. The van der Waals surface area contributed by atoms with E-state index in [0.29, 0.717) is 0 Å². The van der Waals surface area contributed by atoms with Crippen LogP contribution in [0.4, 0.5) is 0 Å². The summed E-state index contributed by atoms with van der Waals surface area (Å²) < 4.78 is 2.05. The van der Waals surface area contributed by atoms with Crippen LogP contribution in [0.3, 0.4) is 0 Å². The Balaban J connectivity index is 1.83. The van der Waals surface area contributed by atoms with E-state index in [1.165, 1.54) is 11.1 Å². The van der Waals surface area contributed by atoms with Crippen LogP contribution in [0.1, 0.15) is 22.9 Å². The van der Waals surface area contributed by atoms with E-state index in [2.05, 4.69) is 28.9 Å². The molecule has 0 aliphatic carbocycles. The quantitative estimate of drug-likeness (QED) is 0.789. The van der Waals surface area contributed by atoms with Crippen LogP contribution in [0.15, 0.2) is 28.5 Å². The average Bonchev–Trinajstić information content (AvgIpc) is 2.92. The number of hydrogen-bond acceptors (Lipinski definition) is 4. The summed E-state index contributed by atoms with van der Waals surface area (Å²) in [5.74, 6) is 0. The summed E-state index contributed by atoms with van der Waals surface area (Å²) in [7, 11) is 0. The lowest BCUT2D eigenvalue weighted by Gasteiger charge is -2.09. The van der Waals surface area contributed by atoms with Gasteiger partial charge in [-0.25, -0.2) is 4.98 Å². The predicted molar refractivity (Wildman–Crippen MR) is 72.8 cm³/mol. The van der Waals surface area contributed by atoms with Crippen molar-refractivity contribution in [3.05, 3.63) is 45.4 Å². The van der Waals surface area contributed by atoms with E-state index < -0.39 is 0 Å². The maximum absolute atomic E-state index is 6.22. The Morgan fingerprint density at radius 1 is 1.47 bits per heavy atom. The van der Waals surface area contributed by atoms with Crippen molar-refractivity contribution < 1.29 is 0 Å². The molecule has 0 bridgehead atoms. The van der Waals surface area contributed by atoms with Gasteiger partial charge < -0.3 is 5.73 Å². The maximum Gasteiger partial charge on any atom is 0.193 e. The van der Waals surface area contributed by atoms with E-state index in [1.54, 1.807) is 22.7 Å². The normalized spacial score (nSPS) is 13.3. The van der Waals surface area contributed by atoms with Crippen molar-refractivity contribution in [3.63, 3.8) is 0 Å². The highest BCUT2D eigenvalue weighted by Crippen LogP contribution is 2.23. The molecule has 0 saturated heterocycles. The fraction of sp³-hybridized carbons (Fsp3) is 0.250. The number of hydrogen-bond donors (Lipinski definition) is 1. The lowest BCUT2D eigenvalue weighted by atomic mass is 10.0. The number of nitrogens with two attached hydrogens (primary N) is 1. The molecule has 0 radical (unpaired) electrons. The molecule has 0 aromatic carbocycles. The minimum atomic E-state index is 0.0471. The largest absolute Gasteiger partial charge is 0.324 e. The molecule has 1 unspecified atom stereocenters. The topological polar surface area (TPSA) is 43.3 Å². The lowest BCUT2D eigenvalue weighted by molar-refractivity contribution is 0.708. The van der Waals surface area contributed by atoms with Gasteiger partial charge in [0.05, 0.1) is 5.69 Å². The summed E-state index contributed by atoms with van der Waals surface area (Å²) in [6, 6.07) is 0.0471. The van der Waals surface area contributed by atoms with Crippen LogP contribution in [-0.4, -0.2) is 9.38 Å². The van der Waals surface area contributed by atoms with Crippen molar-refractivity contribution in [1.82, 2.24) is 9.38 Å². The van der Waals surface area contributed by atoms with Gasteiger partial charge in [-0.2, -0.15) is 11.3 Å². The van der Waals surface area contributed by atoms with Gasteiger partial charge in [-0.05, 0) is 28.8 Å². The van der Waals surface area contributed by atoms with Crippen LogP contribution in [0, 0.1) is 6.92 Å². The van der Waals surface area contributed by atoms with Crippen LogP contribution in [0.2, 0.25) is 0 Å². The van der Waals surface area contributed by atoms with Crippen molar-refractivity contribution in [2.75, 3.05) is 0 Å². The number of thiazole rings is 1. The molecule has 3 nitrogen and oxygen atoms in total. The Kier molecular flexibility index (Phi) is 2.74. The van der Waals surface area contributed by atoms with E-state index in [9.17, 15) is 0 Å². The standard InChI is InChI=1S/C12H13N3S2/c1-8-6-16-7-10(8)11(13)4-9-5-15-2-3-17-12(15)14-9/h2-3,5-7,11H,4,13H2,1H3. The molecule has 0 amide bonds. The highest BCUT2D eigenvalue weighted by atomic mass is 32.1. The molecule has 5 heteroatoms. The first-order valence-electron chi connectivity index (χ1n) is 5.43. The molecule has 2 N–H and O–H groups in total. The zero-order chi connectivity index (χ0) is 11.8. The molecule has 0 fully saturated rings. The van der Waals surface area contributed by atoms with Gasteiger partial charge in [0.2, 0.25) is 0 Å². The van der Waals surface area contributed by atoms with Gasteiger partial charge in [0, 0.05) is 30.2 Å². The number of imidazole rings is 1. The van der Waals surface area contributed by atoms with Gasteiger partial charge in [0.1, 0.15) is 0 Å². The van der Waals surface area contributed by atoms with Crippen molar-refractivity contribution in [1.29, 1.82) is 0 Å². The Hall–Kier alpha value is -1.17. The molecule has 3 aromatic heterocycles. The molecular formula is C12H13N3S2. The Bertz CT molecular complexity index is 606. The van der Waals surface area contributed by atoms with Gasteiger partial charge >= 0.3 is 0 Å². The van der Waals surface area contributed by atoms with E-state index in [1.807, 2.05) is 16.0 Å². The first kappa shape index (κ1) is 11.0. The number of fused-ring (bicyclic) bond motifs is 1. The number of thiophene rings is 1. The van der Waals surface area contributed by atoms with Gasteiger partial charge in [0.25, 0.3) is 0 Å². The zero-order valence-electron chi connectivity index (χ0n) is 9.46. The molecule has 0 aliphatic rings. The number of aryl methyl sites for hydroxylation is 1. The van der Waals surface area contributed by atoms with Crippen LogP contribution in [0.5, 0.6) is 0 Å². The summed E-state index contributed by atoms with van der Waals surface area (Å²) >= 11 is 3.36. The average molecular weight is 263 g/mol. The van der Waals surface area contributed by atoms with Crippen molar-refractivity contribution >= 4 is 27.6 Å². The van der Waals surface area contributed by atoms with Crippen LogP contribution >= 0.6 is 22.7 Å². The second-order valence-corrected chi connectivity index (χ2v) is 5.76. The fourth-order valence-electron chi connectivity index (χ4n) is 1.96. The number of aromatic nitrogens is 2. The van der Waals surface area contributed by atoms with E-state index >= 15 is 0 Å². The molecule has 3 rings (SSSR count). The molecular weight excluding hydrogens is 250 g/mol. The Labute approximate surface area is 108 Å². The first-order valence-corrected chi connectivity index (χ1v) is 7.25. The summed E-state index contributed by atoms with van der Waals surface area (Å²) in [5, 5.41) is 6.31. The summed E-state index contributed by atoms with van der Waals surface area (Å²) in [6.07, 6.45) is 4.89. The second kappa shape index (κ2) is 4.25. The Morgan fingerprint density at radius 2 is 2.35 bits per heavy atom. The molecule has 0 saturated carbocycles. The van der Waals surface area contributed by atoms with E-state index in [0.717, 1.165) is 17.1 Å². The zero-order valence-corrected chi connectivity index (χ0v) is 11.1. The third-order valence-corrected chi connectivity index (χ3v) is 4.52. The molecule has 0 spiro atoms. The van der Waals surface area contributed by atoms with Crippen LogP contribution in [0.25, 0.3) is 4.96 Å². The van der Waals surface area contributed by atoms with Gasteiger partial charge in [-0.3, -0.25) is 4.40 Å². The molecule has 3 aromatic rings. The lowest BCUT2D eigenvalue weighted by Crippen LogP contribution is -2.13. The highest BCUT2D eigenvalue weighted by molar-refractivity contribution is 7.15. The monoisotopic (exact) mass is 263 g/mol. The molecule has 88 valence electrons. The number of rotatable bonds is 3. The maximum atomic E-state index is 6.22. The van der Waals surface area contributed by atoms with E-state index in [-0.39, 0.29) is 6.04 Å². The Morgan fingerprint density at radius 3 is 3.06 bits per heavy atom. The van der Waals surface area contributed by atoms with Gasteiger partial charge in [0.15, 0.2) is 4.96 Å². The minimum absolute atomic E-state index is 0.0471. The fourth-order valence-corrected chi connectivity index (χ4v) is 3.59. The smallest absolute Gasteiger partial charge is 0.193 e. The molecule has 0 aliphatic heterocycles. The second-order valence-electron chi connectivity index (χ2n) is 4.15. The predicted octanol–water partition coefficient (Wildman–Crippen LogP) is 3.01. The summed E-state index contributed by atoms with van der Waals surface area (Å²) in [5.41, 5.74) is 9.81. The van der Waals surface area contributed by atoms with E-state index in [4.69, 9.17) is 5.73 Å². The summed E-state index contributed by atoms with van der Waals surface area (Å²) in [6.45, 7) is 2.11. The SMILES string of the molecule is Cc1cscc1C(N)Cc1cn2ccsc2n1. The highest BCUT2D eigenvalue weighted by Gasteiger charge is 2.12. The van der Waals surface area contributed by atoms with Crippen molar-refractivity contribution in [2.24, 2.45) is 5.73 Å². The molecule has 1 atom stereocenters. The van der Waals surface area contributed by atoms with Crippen molar-refractivity contribution in [3.8, 4) is 0 Å².